The quantitative estimate of drug-likeness (QED) is 0.871. The van der Waals surface area contributed by atoms with E-state index in [4.69, 9.17) is 0 Å². The zero-order chi connectivity index (χ0) is 13.5. The maximum absolute atomic E-state index is 13.2. The SMILES string of the molecule is Cc1cccc(CC2(O)CCc3cc(F)ccc32)c1. The molecule has 2 heteroatoms. The minimum absolute atomic E-state index is 0.224. The Morgan fingerprint density at radius 3 is 2.84 bits per heavy atom. The largest absolute Gasteiger partial charge is 0.385 e. The minimum Gasteiger partial charge on any atom is -0.385 e. The van der Waals surface area contributed by atoms with E-state index in [0.29, 0.717) is 12.8 Å². The second-order valence-corrected chi connectivity index (χ2v) is 5.50. The molecule has 1 atom stereocenters. The highest BCUT2D eigenvalue weighted by Gasteiger charge is 2.36. The van der Waals surface area contributed by atoms with Crippen LogP contribution in [-0.4, -0.2) is 5.11 Å². The van der Waals surface area contributed by atoms with Crippen LogP contribution in [0.5, 0.6) is 0 Å². The molecule has 98 valence electrons. The van der Waals surface area contributed by atoms with Gasteiger partial charge in [-0.1, -0.05) is 35.9 Å². The first kappa shape index (κ1) is 12.4. The van der Waals surface area contributed by atoms with Crippen LogP contribution in [-0.2, 0) is 18.4 Å². The van der Waals surface area contributed by atoms with E-state index >= 15 is 0 Å². The summed E-state index contributed by atoms with van der Waals surface area (Å²) < 4.78 is 13.2. The van der Waals surface area contributed by atoms with Gasteiger partial charge in [-0.15, -0.1) is 0 Å². The Labute approximate surface area is 112 Å². The summed E-state index contributed by atoms with van der Waals surface area (Å²) in [4.78, 5) is 0. The number of aryl methyl sites for hydroxylation is 2. The zero-order valence-electron chi connectivity index (χ0n) is 11.0. The van der Waals surface area contributed by atoms with Gasteiger partial charge in [0, 0.05) is 6.42 Å². The molecular weight excluding hydrogens is 239 g/mol. The summed E-state index contributed by atoms with van der Waals surface area (Å²) in [5, 5.41) is 10.9. The third-order valence-electron chi connectivity index (χ3n) is 3.96. The molecule has 0 fully saturated rings. The van der Waals surface area contributed by atoms with Crippen LogP contribution >= 0.6 is 0 Å². The van der Waals surface area contributed by atoms with Crippen LogP contribution in [0.1, 0.15) is 28.7 Å². The lowest BCUT2D eigenvalue weighted by molar-refractivity contribution is 0.0389. The van der Waals surface area contributed by atoms with Crippen molar-refractivity contribution in [2.45, 2.75) is 31.8 Å². The van der Waals surface area contributed by atoms with Crippen LogP contribution in [0.2, 0.25) is 0 Å². The average Bonchev–Trinajstić information content (AvgIpc) is 2.66. The normalized spacial score (nSPS) is 21.4. The first-order valence-corrected chi connectivity index (χ1v) is 6.64. The van der Waals surface area contributed by atoms with Crippen molar-refractivity contribution >= 4 is 0 Å². The van der Waals surface area contributed by atoms with Crippen molar-refractivity contribution in [3.05, 3.63) is 70.5 Å². The molecular formula is C17H17FO. The van der Waals surface area contributed by atoms with Gasteiger partial charge in [0.2, 0.25) is 0 Å². The van der Waals surface area contributed by atoms with Crippen molar-refractivity contribution in [1.82, 2.24) is 0 Å². The molecule has 2 aromatic rings. The summed E-state index contributed by atoms with van der Waals surface area (Å²) in [5.41, 5.74) is 3.29. The lowest BCUT2D eigenvalue weighted by atomic mass is 9.88. The van der Waals surface area contributed by atoms with Crippen molar-refractivity contribution in [3.63, 3.8) is 0 Å². The molecule has 1 aliphatic carbocycles. The van der Waals surface area contributed by atoms with Gasteiger partial charge in [-0.2, -0.15) is 0 Å². The Kier molecular flexibility index (Phi) is 2.90. The lowest BCUT2D eigenvalue weighted by Gasteiger charge is -2.24. The highest BCUT2D eigenvalue weighted by atomic mass is 19.1. The fourth-order valence-corrected chi connectivity index (χ4v) is 3.04. The molecule has 1 N–H and O–H groups in total. The van der Waals surface area contributed by atoms with E-state index < -0.39 is 5.60 Å². The summed E-state index contributed by atoms with van der Waals surface area (Å²) in [5.74, 6) is -0.224. The van der Waals surface area contributed by atoms with Gasteiger partial charge in [0.25, 0.3) is 0 Å². The summed E-state index contributed by atoms with van der Waals surface area (Å²) >= 11 is 0. The van der Waals surface area contributed by atoms with Crippen LogP contribution in [0.3, 0.4) is 0 Å². The Hall–Kier alpha value is -1.67. The Morgan fingerprint density at radius 2 is 2.05 bits per heavy atom. The van der Waals surface area contributed by atoms with Crippen molar-refractivity contribution in [2.75, 3.05) is 0 Å². The fraction of sp³-hybridized carbons (Fsp3) is 0.294. The number of aliphatic hydroxyl groups is 1. The van der Waals surface area contributed by atoms with Crippen molar-refractivity contribution in [2.24, 2.45) is 0 Å². The highest BCUT2D eigenvalue weighted by Crippen LogP contribution is 2.39. The summed E-state index contributed by atoms with van der Waals surface area (Å²) in [6.07, 6.45) is 2.00. The van der Waals surface area contributed by atoms with E-state index in [0.717, 1.165) is 23.1 Å². The van der Waals surface area contributed by atoms with Crippen LogP contribution < -0.4 is 0 Å². The number of halogens is 1. The van der Waals surface area contributed by atoms with Gasteiger partial charge >= 0.3 is 0 Å². The molecule has 0 saturated heterocycles. The van der Waals surface area contributed by atoms with Gasteiger partial charge in [-0.3, -0.25) is 0 Å². The molecule has 0 radical (unpaired) electrons. The second kappa shape index (κ2) is 4.46. The van der Waals surface area contributed by atoms with Crippen molar-refractivity contribution < 1.29 is 9.50 Å². The van der Waals surface area contributed by atoms with E-state index in [1.54, 1.807) is 12.1 Å². The molecule has 19 heavy (non-hydrogen) atoms. The first-order chi connectivity index (χ1) is 9.07. The average molecular weight is 256 g/mol. The first-order valence-electron chi connectivity index (χ1n) is 6.64. The topological polar surface area (TPSA) is 20.2 Å². The van der Waals surface area contributed by atoms with Gasteiger partial charge in [-0.25, -0.2) is 4.39 Å². The molecule has 0 spiro atoms. The van der Waals surface area contributed by atoms with Gasteiger partial charge < -0.3 is 5.11 Å². The third kappa shape index (κ3) is 2.28. The van der Waals surface area contributed by atoms with Crippen LogP contribution in [0.15, 0.2) is 42.5 Å². The van der Waals surface area contributed by atoms with Gasteiger partial charge in [0.15, 0.2) is 0 Å². The zero-order valence-corrected chi connectivity index (χ0v) is 11.0. The van der Waals surface area contributed by atoms with Gasteiger partial charge in [0.1, 0.15) is 5.82 Å². The molecule has 3 rings (SSSR count). The molecule has 1 aliphatic rings. The molecule has 1 nitrogen and oxygen atoms in total. The van der Waals surface area contributed by atoms with E-state index in [2.05, 4.69) is 6.07 Å². The second-order valence-electron chi connectivity index (χ2n) is 5.50. The van der Waals surface area contributed by atoms with E-state index in [9.17, 15) is 9.50 Å². The Balaban J connectivity index is 1.94. The monoisotopic (exact) mass is 256 g/mol. The van der Waals surface area contributed by atoms with Crippen LogP contribution in [0, 0.1) is 12.7 Å². The van der Waals surface area contributed by atoms with Crippen molar-refractivity contribution in [1.29, 1.82) is 0 Å². The number of fused-ring (bicyclic) bond motifs is 1. The van der Waals surface area contributed by atoms with Gasteiger partial charge in [-0.05, 0) is 48.6 Å². The lowest BCUT2D eigenvalue weighted by Crippen LogP contribution is -2.25. The predicted molar refractivity (Wildman–Crippen MR) is 73.5 cm³/mol. The molecule has 0 amide bonds. The van der Waals surface area contributed by atoms with E-state index in [-0.39, 0.29) is 5.82 Å². The van der Waals surface area contributed by atoms with Crippen LogP contribution in [0.4, 0.5) is 4.39 Å². The van der Waals surface area contributed by atoms with E-state index in [1.165, 1.54) is 11.6 Å². The smallest absolute Gasteiger partial charge is 0.123 e. The summed E-state index contributed by atoms with van der Waals surface area (Å²) in [6.45, 7) is 2.05. The molecule has 0 bridgehead atoms. The molecule has 1 unspecified atom stereocenters. The Morgan fingerprint density at radius 1 is 1.21 bits per heavy atom. The third-order valence-corrected chi connectivity index (χ3v) is 3.96. The number of rotatable bonds is 2. The van der Waals surface area contributed by atoms with Crippen molar-refractivity contribution in [3.8, 4) is 0 Å². The van der Waals surface area contributed by atoms with E-state index in [1.807, 2.05) is 25.1 Å². The van der Waals surface area contributed by atoms with Crippen LogP contribution in [0.25, 0.3) is 0 Å². The standard InChI is InChI=1S/C17H17FO/c1-12-3-2-4-13(9-12)11-17(19)8-7-14-10-15(18)5-6-16(14)17/h2-6,9-10,19H,7-8,11H2,1H3. The maximum Gasteiger partial charge on any atom is 0.123 e. The predicted octanol–water partition coefficient (Wildman–Crippen LogP) is 3.51. The summed E-state index contributed by atoms with van der Waals surface area (Å²) in [6, 6.07) is 12.9. The van der Waals surface area contributed by atoms with Gasteiger partial charge in [0.05, 0.1) is 5.60 Å². The molecule has 2 aromatic carbocycles. The number of hydrogen-bond acceptors (Lipinski definition) is 1. The summed E-state index contributed by atoms with van der Waals surface area (Å²) in [7, 11) is 0. The highest BCUT2D eigenvalue weighted by molar-refractivity contribution is 5.39. The minimum atomic E-state index is -0.850. The molecule has 0 aliphatic heterocycles. The molecule has 0 saturated carbocycles. The Bertz CT molecular complexity index is 620. The number of hydrogen-bond donors (Lipinski definition) is 1. The molecule has 0 aromatic heterocycles. The maximum atomic E-state index is 13.2. The molecule has 0 heterocycles. The fourth-order valence-electron chi connectivity index (χ4n) is 3.04. The number of benzene rings is 2.